The van der Waals surface area contributed by atoms with Crippen LogP contribution in [0.4, 0.5) is 43.9 Å². The van der Waals surface area contributed by atoms with Crippen molar-refractivity contribution in [2.24, 2.45) is 0 Å². The zero-order valence-corrected chi connectivity index (χ0v) is 33.7. The van der Waals surface area contributed by atoms with Crippen LogP contribution in [0.1, 0.15) is 125 Å². The standard InChI is InChI=1S/C15H29F4NO3S.C8H13F4NO3S.C7H13F2NO2S/c1-4-6-8-10-12-20(13-11-9-7-5-2)24(21,22)15(18,19)23-14(3,16)17;1-7(9,10)16-8(11,12)17(14,15)13-5-3-2-4-6-13;1-7(8,9)13(11,12)10-5-3-2-4-6-10/h4-13H2,1-3H3;2-6H2,1H3;2-6H2,1H3. The summed E-state index contributed by atoms with van der Waals surface area (Å²) < 4.78 is 207. The molecule has 0 radical (unpaired) electrons. The third-order valence-electron chi connectivity index (χ3n) is 7.82. The number of hydrogen-bond donors (Lipinski definition) is 0. The number of alkyl halides is 10. The lowest BCUT2D eigenvalue weighted by atomic mass is 10.2. The summed E-state index contributed by atoms with van der Waals surface area (Å²) in [5, 5.41) is -3.65. The predicted octanol–water partition coefficient (Wildman–Crippen LogP) is 8.35. The minimum absolute atomic E-state index is 0.0621. The molecule has 2 heterocycles. The maximum Gasteiger partial charge on any atom is 0.481 e. The number of ether oxygens (including phenoxy) is 2. The van der Waals surface area contributed by atoms with Crippen molar-refractivity contribution in [1.29, 1.82) is 0 Å². The highest BCUT2D eigenvalue weighted by Gasteiger charge is 2.56. The van der Waals surface area contributed by atoms with E-state index in [0.29, 0.717) is 66.9 Å². The van der Waals surface area contributed by atoms with Gasteiger partial charge in [-0.2, -0.15) is 56.8 Å². The molecule has 2 aliphatic heterocycles. The van der Waals surface area contributed by atoms with Crippen LogP contribution in [0.2, 0.25) is 0 Å². The Morgan fingerprint density at radius 1 is 0.500 bits per heavy atom. The summed E-state index contributed by atoms with van der Waals surface area (Å²) in [6, 6.07) is 0. The summed E-state index contributed by atoms with van der Waals surface area (Å²) >= 11 is 0. The van der Waals surface area contributed by atoms with Crippen LogP contribution in [0.5, 0.6) is 0 Å². The van der Waals surface area contributed by atoms with Crippen LogP contribution in [0.3, 0.4) is 0 Å². The highest BCUT2D eigenvalue weighted by Crippen LogP contribution is 2.35. The minimum Gasteiger partial charge on any atom is -0.241 e. The van der Waals surface area contributed by atoms with Crippen LogP contribution in [-0.2, 0) is 39.5 Å². The van der Waals surface area contributed by atoms with Gasteiger partial charge in [0, 0.05) is 60.0 Å². The largest absolute Gasteiger partial charge is 0.481 e. The van der Waals surface area contributed by atoms with E-state index < -0.39 is 58.4 Å². The summed E-state index contributed by atoms with van der Waals surface area (Å²) in [6.07, 6.45) is 1.09. The molecule has 54 heavy (non-hydrogen) atoms. The Morgan fingerprint density at radius 2 is 0.833 bits per heavy atom. The van der Waals surface area contributed by atoms with Crippen molar-refractivity contribution >= 4 is 30.1 Å². The molecule has 2 aliphatic rings. The van der Waals surface area contributed by atoms with Crippen LogP contribution >= 0.6 is 0 Å². The maximum atomic E-state index is 13.8. The van der Waals surface area contributed by atoms with E-state index in [9.17, 15) is 69.2 Å². The summed E-state index contributed by atoms with van der Waals surface area (Å²) in [5.41, 5.74) is -9.87. The molecule has 0 atom stereocenters. The SMILES string of the molecule is CC(F)(F)OC(F)(F)S(=O)(=O)N1CCCCC1.CC(F)(F)S(=O)(=O)N1CCCCC1.CCCCCCN(CCCCCC)S(=O)(=O)C(F)(F)OC(C)(F)F. The number of piperidine rings is 2. The highest BCUT2D eigenvalue weighted by molar-refractivity contribution is 7.90. The monoisotopic (exact) mass is 871 g/mol. The maximum absolute atomic E-state index is 13.8. The van der Waals surface area contributed by atoms with Gasteiger partial charge >= 0.3 is 48.4 Å². The molecule has 0 aromatic heterocycles. The van der Waals surface area contributed by atoms with E-state index in [1.54, 1.807) is 0 Å². The van der Waals surface area contributed by atoms with Gasteiger partial charge in [-0.25, -0.2) is 34.7 Å². The smallest absolute Gasteiger partial charge is 0.241 e. The fourth-order valence-corrected chi connectivity index (χ4v) is 8.82. The molecular weight excluding hydrogens is 817 g/mol. The summed E-state index contributed by atoms with van der Waals surface area (Å²) in [6.45, 7) is 4.51. The molecule has 11 nitrogen and oxygen atoms in total. The first-order valence-electron chi connectivity index (χ1n) is 17.7. The van der Waals surface area contributed by atoms with Gasteiger partial charge in [0.05, 0.1) is 0 Å². The van der Waals surface area contributed by atoms with Crippen molar-refractivity contribution < 1.29 is 78.6 Å². The van der Waals surface area contributed by atoms with Crippen LogP contribution in [0.25, 0.3) is 0 Å². The second-order valence-electron chi connectivity index (χ2n) is 13.0. The molecule has 0 aromatic rings. The van der Waals surface area contributed by atoms with Gasteiger partial charge in [-0.1, -0.05) is 65.2 Å². The van der Waals surface area contributed by atoms with Gasteiger partial charge in [0.1, 0.15) is 0 Å². The van der Waals surface area contributed by atoms with E-state index in [4.69, 9.17) is 0 Å². The Balaban J connectivity index is 0.000000818. The van der Waals surface area contributed by atoms with Crippen molar-refractivity contribution in [2.45, 2.75) is 153 Å². The molecular formula is C30H55F10N3O8S3. The normalized spacial score (nSPS) is 17.8. The molecule has 2 rings (SSSR count). The first kappa shape index (κ1) is 53.0. The molecule has 2 fully saturated rings. The van der Waals surface area contributed by atoms with Crippen molar-refractivity contribution in [2.75, 3.05) is 39.3 Å². The van der Waals surface area contributed by atoms with Gasteiger partial charge < -0.3 is 0 Å². The van der Waals surface area contributed by atoms with E-state index >= 15 is 0 Å². The molecule has 0 saturated carbocycles. The Hall–Kier alpha value is -1.05. The van der Waals surface area contributed by atoms with Gasteiger partial charge in [-0.3, -0.25) is 0 Å². The molecule has 0 aliphatic carbocycles. The molecule has 326 valence electrons. The topological polar surface area (TPSA) is 131 Å². The lowest BCUT2D eigenvalue weighted by Gasteiger charge is -2.30. The molecule has 0 aromatic carbocycles. The molecule has 24 heteroatoms. The van der Waals surface area contributed by atoms with Gasteiger partial charge in [-0.05, 0) is 38.5 Å². The van der Waals surface area contributed by atoms with E-state index in [-0.39, 0.29) is 53.1 Å². The second-order valence-corrected chi connectivity index (χ2v) is 19.1. The van der Waals surface area contributed by atoms with E-state index in [1.165, 1.54) is 0 Å². The molecule has 2 saturated heterocycles. The lowest BCUT2D eigenvalue weighted by molar-refractivity contribution is -0.332. The Bertz CT molecular complexity index is 1380. The van der Waals surface area contributed by atoms with Crippen LogP contribution in [0.15, 0.2) is 0 Å². The van der Waals surface area contributed by atoms with Crippen molar-refractivity contribution in [3.8, 4) is 0 Å². The highest BCUT2D eigenvalue weighted by atomic mass is 32.2. The molecule has 0 N–H and O–H groups in total. The summed E-state index contributed by atoms with van der Waals surface area (Å²) in [7, 11) is -14.9. The molecule has 0 bridgehead atoms. The summed E-state index contributed by atoms with van der Waals surface area (Å²) in [4.78, 5) is 0. The number of rotatable bonds is 20. The van der Waals surface area contributed by atoms with Crippen molar-refractivity contribution in [3.63, 3.8) is 0 Å². The van der Waals surface area contributed by atoms with E-state index in [1.807, 2.05) is 13.8 Å². The quantitative estimate of drug-likeness (QED) is 0.0882. The average Bonchev–Trinajstić information content (AvgIpc) is 3.02. The van der Waals surface area contributed by atoms with E-state index in [2.05, 4.69) is 9.47 Å². The minimum atomic E-state index is -5.31. The van der Waals surface area contributed by atoms with Gasteiger partial charge in [-0.15, -0.1) is 0 Å². The fourth-order valence-electron chi connectivity index (χ4n) is 5.04. The molecule has 0 spiro atoms. The number of sulfonamides is 3. The third kappa shape index (κ3) is 18.0. The zero-order chi connectivity index (χ0) is 42.3. The van der Waals surface area contributed by atoms with Crippen LogP contribution in [-0.4, -0.2) is 106 Å². The second kappa shape index (κ2) is 22.2. The van der Waals surface area contributed by atoms with Crippen LogP contribution < -0.4 is 0 Å². The van der Waals surface area contributed by atoms with E-state index in [0.717, 1.165) is 42.8 Å². The van der Waals surface area contributed by atoms with Gasteiger partial charge in [0.25, 0.3) is 10.0 Å². The number of nitrogens with zero attached hydrogens (tertiary/aromatic N) is 3. The first-order valence-corrected chi connectivity index (χ1v) is 22.0. The van der Waals surface area contributed by atoms with Gasteiger partial charge in [0.2, 0.25) is 0 Å². The van der Waals surface area contributed by atoms with Crippen molar-refractivity contribution in [3.05, 3.63) is 0 Å². The van der Waals surface area contributed by atoms with Crippen LogP contribution in [0, 0.1) is 0 Å². The summed E-state index contributed by atoms with van der Waals surface area (Å²) in [5.74, 6) is 0. The number of halogens is 10. The molecule has 0 amide bonds. The third-order valence-corrected chi connectivity index (χ3v) is 13.2. The Labute approximate surface area is 313 Å². The zero-order valence-electron chi connectivity index (χ0n) is 31.3. The Morgan fingerprint density at radius 3 is 1.15 bits per heavy atom. The van der Waals surface area contributed by atoms with Crippen molar-refractivity contribution in [1.82, 2.24) is 12.9 Å². The number of unbranched alkanes of at least 4 members (excludes halogenated alkanes) is 6. The fraction of sp³-hybridized carbons (Fsp3) is 1.00. The predicted molar refractivity (Wildman–Crippen MR) is 181 cm³/mol. The molecule has 0 unspecified atom stereocenters. The number of hydrogen-bond acceptors (Lipinski definition) is 8. The average molecular weight is 872 g/mol. The van der Waals surface area contributed by atoms with Gasteiger partial charge in [0.15, 0.2) is 0 Å². The Kier molecular flexibility index (Phi) is 21.8. The first-order chi connectivity index (χ1) is 24.4. The lowest BCUT2D eigenvalue weighted by Crippen LogP contribution is -2.48.